The minimum atomic E-state index is -0.239. The maximum absolute atomic E-state index is 12.2. The normalized spacial score (nSPS) is 10.9. The Balaban J connectivity index is 2.19. The van der Waals surface area contributed by atoms with Crippen molar-refractivity contribution in [1.29, 1.82) is 0 Å². The first-order chi connectivity index (χ1) is 10.4. The predicted molar refractivity (Wildman–Crippen MR) is 97.3 cm³/mol. The van der Waals surface area contributed by atoms with Crippen molar-refractivity contribution in [2.24, 2.45) is 5.10 Å². The number of amides is 1. The number of hydrogen-bond acceptors (Lipinski definition) is 3. The van der Waals surface area contributed by atoms with Gasteiger partial charge in [0.2, 0.25) is 0 Å². The molecule has 0 aliphatic carbocycles. The van der Waals surface area contributed by atoms with Crippen LogP contribution >= 0.6 is 47.8 Å². The summed E-state index contributed by atoms with van der Waals surface area (Å²) in [5.74, 6) is -0.172. The maximum Gasteiger partial charge on any atom is 0.273 e. The van der Waals surface area contributed by atoms with E-state index in [1.165, 1.54) is 11.2 Å². The molecule has 1 amide bonds. The molecule has 0 fully saturated rings. The molecule has 2 aromatic carbocycles. The van der Waals surface area contributed by atoms with Gasteiger partial charge < -0.3 is 5.11 Å². The summed E-state index contributed by atoms with van der Waals surface area (Å²) in [6.45, 7) is 0. The molecule has 0 saturated heterocycles. The lowest BCUT2D eigenvalue weighted by Crippen LogP contribution is -2.21. The molecule has 0 radical (unpaired) electrons. The monoisotopic (exact) mass is 488 g/mol. The second-order valence-electron chi connectivity index (χ2n) is 4.41. The van der Waals surface area contributed by atoms with Gasteiger partial charge in [0.05, 0.1) is 10.7 Å². The number of rotatable bonds is 3. The van der Waals surface area contributed by atoms with E-state index in [2.05, 4.69) is 52.9 Å². The Morgan fingerprint density at radius 3 is 2.41 bits per heavy atom. The van der Waals surface area contributed by atoms with Crippen LogP contribution < -0.4 is 0 Å². The first-order valence-corrected chi connectivity index (χ1v) is 8.52. The molecular formula is C15H11Br3N2O2. The average molecular weight is 491 g/mol. The molecule has 0 spiro atoms. The fraction of sp³-hybridized carbons (Fsp3) is 0.0667. The molecule has 0 bridgehead atoms. The van der Waals surface area contributed by atoms with Crippen LogP contribution in [0.4, 0.5) is 0 Å². The Hall–Kier alpha value is -1.18. The van der Waals surface area contributed by atoms with Crippen LogP contribution in [0.3, 0.4) is 0 Å². The fourth-order valence-corrected chi connectivity index (χ4v) is 3.19. The van der Waals surface area contributed by atoms with Crippen molar-refractivity contribution in [2.75, 3.05) is 7.05 Å². The number of hydrazone groups is 1. The molecular weight excluding hydrogens is 480 g/mol. The number of benzene rings is 2. The van der Waals surface area contributed by atoms with E-state index in [1.807, 2.05) is 0 Å². The Morgan fingerprint density at radius 1 is 1.14 bits per heavy atom. The van der Waals surface area contributed by atoms with E-state index in [1.54, 1.807) is 43.4 Å². The number of phenols is 1. The first kappa shape index (κ1) is 17.2. The van der Waals surface area contributed by atoms with Crippen LogP contribution in [-0.2, 0) is 0 Å². The molecule has 0 aromatic heterocycles. The van der Waals surface area contributed by atoms with Crippen molar-refractivity contribution in [3.05, 3.63) is 60.9 Å². The molecule has 2 aromatic rings. The summed E-state index contributed by atoms with van der Waals surface area (Å²) in [4.78, 5) is 12.2. The number of carbonyl (C=O) groups excluding carboxylic acids is 1. The summed E-state index contributed by atoms with van der Waals surface area (Å²) in [6, 6.07) is 10.5. The standard InChI is InChI=1S/C15H11Br3N2O2/c1-20(15(22)9-2-4-11(16)5-3-9)19-8-10-6-12(17)7-13(18)14(10)21/h2-8,21H,1H3/b19-8+. The van der Waals surface area contributed by atoms with E-state index in [0.717, 1.165) is 8.95 Å². The molecule has 0 aliphatic heterocycles. The minimum absolute atomic E-state index is 0.0661. The number of nitrogens with zero attached hydrogens (tertiary/aromatic N) is 2. The van der Waals surface area contributed by atoms with E-state index in [0.29, 0.717) is 15.6 Å². The Kier molecular flexibility index (Phi) is 5.77. The van der Waals surface area contributed by atoms with Crippen LogP contribution in [-0.4, -0.2) is 29.3 Å². The van der Waals surface area contributed by atoms with E-state index in [4.69, 9.17) is 0 Å². The smallest absolute Gasteiger partial charge is 0.273 e. The molecule has 1 N–H and O–H groups in total. The molecule has 7 heteroatoms. The van der Waals surface area contributed by atoms with Crippen LogP contribution in [0.15, 0.2) is 54.9 Å². The maximum atomic E-state index is 12.2. The number of aromatic hydroxyl groups is 1. The van der Waals surface area contributed by atoms with Crippen LogP contribution in [0, 0.1) is 0 Å². The lowest BCUT2D eigenvalue weighted by atomic mass is 10.2. The van der Waals surface area contributed by atoms with Gasteiger partial charge in [0.25, 0.3) is 5.91 Å². The van der Waals surface area contributed by atoms with E-state index >= 15 is 0 Å². The lowest BCUT2D eigenvalue weighted by Gasteiger charge is -2.11. The third-order valence-electron chi connectivity index (χ3n) is 2.81. The van der Waals surface area contributed by atoms with Gasteiger partial charge in [-0.2, -0.15) is 5.10 Å². The van der Waals surface area contributed by atoms with Gasteiger partial charge in [0.1, 0.15) is 5.75 Å². The van der Waals surface area contributed by atoms with E-state index in [-0.39, 0.29) is 11.7 Å². The van der Waals surface area contributed by atoms with Gasteiger partial charge in [-0.3, -0.25) is 4.79 Å². The van der Waals surface area contributed by atoms with Crippen LogP contribution in [0.5, 0.6) is 5.75 Å². The van der Waals surface area contributed by atoms with Crippen molar-refractivity contribution in [1.82, 2.24) is 5.01 Å². The van der Waals surface area contributed by atoms with Crippen LogP contribution in [0.1, 0.15) is 15.9 Å². The van der Waals surface area contributed by atoms with E-state index < -0.39 is 0 Å². The highest BCUT2D eigenvalue weighted by Crippen LogP contribution is 2.30. The quantitative estimate of drug-likeness (QED) is 0.497. The second kappa shape index (κ2) is 7.39. The summed E-state index contributed by atoms with van der Waals surface area (Å²) < 4.78 is 2.24. The zero-order valence-corrected chi connectivity index (χ0v) is 16.2. The third-order valence-corrected chi connectivity index (χ3v) is 4.40. The third kappa shape index (κ3) is 4.18. The molecule has 114 valence electrons. The van der Waals surface area contributed by atoms with Crippen molar-refractivity contribution in [2.45, 2.75) is 0 Å². The number of hydrogen-bond donors (Lipinski definition) is 1. The highest BCUT2D eigenvalue weighted by atomic mass is 79.9. The highest BCUT2D eigenvalue weighted by Gasteiger charge is 2.11. The number of phenolic OH excluding ortho intramolecular Hbond substituents is 1. The minimum Gasteiger partial charge on any atom is -0.506 e. The van der Waals surface area contributed by atoms with Gasteiger partial charge in [-0.1, -0.05) is 31.9 Å². The van der Waals surface area contributed by atoms with Crippen molar-refractivity contribution in [3.8, 4) is 5.75 Å². The van der Waals surface area contributed by atoms with Gasteiger partial charge in [-0.05, 0) is 52.3 Å². The Morgan fingerprint density at radius 2 is 1.77 bits per heavy atom. The SMILES string of the molecule is CN(/N=C/c1cc(Br)cc(Br)c1O)C(=O)c1ccc(Br)cc1. The zero-order valence-electron chi connectivity index (χ0n) is 11.4. The van der Waals surface area contributed by atoms with Crippen molar-refractivity contribution in [3.63, 3.8) is 0 Å². The summed E-state index contributed by atoms with van der Waals surface area (Å²) >= 11 is 9.91. The Bertz CT molecular complexity index is 730. The topological polar surface area (TPSA) is 52.9 Å². The average Bonchev–Trinajstić information content (AvgIpc) is 2.49. The summed E-state index contributed by atoms with van der Waals surface area (Å²) in [5, 5.41) is 15.3. The number of halogens is 3. The van der Waals surface area contributed by atoms with Crippen LogP contribution in [0.25, 0.3) is 0 Å². The molecule has 0 heterocycles. The molecule has 2 rings (SSSR count). The Labute approximate surface area is 153 Å². The molecule has 4 nitrogen and oxygen atoms in total. The molecule has 0 aliphatic rings. The number of carbonyl (C=O) groups is 1. The van der Waals surface area contributed by atoms with Crippen molar-refractivity contribution < 1.29 is 9.90 Å². The van der Waals surface area contributed by atoms with Gasteiger partial charge in [0, 0.05) is 27.1 Å². The fourth-order valence-electron chi connectivity index (χ4n) is 1.66. The summed E-state index contributed by atoms with van der Waals surface area (Å²) in [6.07, 6.45) is 1.43. The lowest BCUT2D eigenvalue weighted by molar-refractivity contribution is 0.0800. The summed E-state index contributed by atoms with van der Waals surface area (Å²) in [7, 11) is 1.56. The molecule has 0 atom stereocenters. The first-order valence-electron chi connectivity index (χ1n) is 6.14. The highest BCUT2D eigenvalue weighted by molar-refractivity contribution is 9.11. The largest absolute Gasteiger partial charge is 0.506 e. The van der Waals surface area contributed by atoms with Crippen LogP contribution in [0.2, 0.25) is 0 Å². The second-order valence-corrected chi connectivity index (χ2v) is 7.09. The van der Waals surface area contributed by atoms with Gasteiger partial charge in [-0.15, -0.1) is 0 Å². The molecule has 22 heavy (non-hydrogen) atoms. The van der Waals surface area contributed by atoms with Gasteiger partial charge >= 0.3 is 0 Å². The molecule has 0 unspecified atom stereocenters. The predicted octanol–water partition coefficient (Wildman–Crippen LogP) is 4.79. The van der Waals surface area contributed by atoms with Gasteiger partial charge in [0.15, 0.2) is 0 Å². The van der Waals surface area contributed by atoms with E-state index in [9.17, 15) is 9.90 Å². The zero-order chi connectivity index (χ0) is 16.3. The van der Waals surface area contributed by atoms with Gasteiger partial charge in [-0.25, -0.2) is 5.01 Å². The van der Waals surface area contributed by atoms with Crippen molar-refractivity contribution >= 4 is 59.9 Å². The molecule has 0 saturated carbocycles. The summed E-state index contributed by atoms with van der Waals surface area (Å²) in [5.41, 5.74) is 1.03.